The average Bonchev–Trinajstić information content (AvgIpc) is 2.26. The molecule has 0 heterocycles. The highest BCUT2D eigenvalue weighted by molar-refractivity contribution is 7.80. The Morgan fingerprint density at radius 2 is 2.07 bits per heavy atom. The van der Waals surface area contributed by atoms with Crippen molar-refractivity contribution < 1.29 is 9.53 Å². The monoisotopic (exact) mass is 223 g/mol. The maximum Gasteiger partial charge on any atom is 0.338 e. The van der Waals surface area contributed by atoms with Crippen molar-refractivity contribution in [3.8, 4) is 0 Å². The van der Waals surface area contributed by atoms with E-state index in [4.69, 9.17) is 22.7 Å². The van der Waals surface area contributed by atoms with Crippen LogP contribution in [-0.2, 0) is 4.74 Å². The van der Waals surface area contributed by atoms with Crippen LogP contribution in [0, 0.1) is 0 Å². The third kappa shape index (κ3) is 3.32. The van der Waals surface area contributed by atoms with E-state index >= 15 is 0 Å². The van der Waals surface area contributed by atoms with Crippen molar-refractivity contribution in [2.45, 2.75) is 19.4 Å². The fraction of sp³-hybridized carbons (Fsp3) is 0.273. The molecule has 0 aliphatic rings. The number of carbonyl (C=O) groups is 1. The molecule has 0 bridgehead atoms. The molecule has 0 amide bonds. The van der Waals surface area contributed by atoms with Gasteiger partial charge < -0.3 is 10.5 Å². The smallest absolute Gasteiger partial charge is 0.338 e. The molecule has 1 atom stereocenters. The fourth-order valence-corrected chi connectivity index (χ4v) is 1.33. The lowest BCUT2D eigenvalue weighted by molar-refractivity contribution is 0.0422. The largest absolute Gasteiger partial charge is 0.451 e. The van der Waals surface area contributed by atoms with E-state index in [1.54, 1.807) is 24.3 Å². The van der Waals surface area contributed by atoms with Gasteiger partial charge in [-0.25, -0.2) is 4.79 Å². The van der Waals surface area contributed by atoms with Gasteiger partial charge >= 0.3 is 5.97 Å². The highest BCUT2D eigenvalue weighted by Crippen LogP contribution is 2.06. The predicted molar refractivity (Wildman–Crippen MR) is 62.7 cm³/mol. The molecule has 1 aromatic carbocycles. The van der Waals surface area contributed by atoms with E-state index in [9.17, 15) is 4.79 Å². The zero-order chi connectivity index (χ0) is 11.3. The first-order chi connectivity index (χ1) is 7.15. The third-order valence-electron chi connectivity index (χ3n) is 1.95. The van der Waals surface area contributed by atoms with Gasteiger partial charge in [0.05, 0.1) is 5.56 Å². The maximum absolute atomic E-state index is 11.6. The molecule has 0 spiro atoms. The van der Waals surface area contributed by atoms with Gasteiger partial charge in [0.25, 0.3) is 0 Å². The Morgan fingerprint density at radius 3 is 2.53 bits per heavy atom. The Hall–Kier alpha value is -1.42. The first-order valence-corrected chi connectivity index (χ1v) is 5.11. The molecule has 1 unspecified atom stereocenters. The highest BCUT2D eigenvalue weighted by Gasteiger charge is 2.15. The van der Waals surface area contributed by atoms with Gasteiger partial charge in [0.2, 0.25) is 0 Å². The van der Waals surface area contributed by atoms with Crippen LogP contribution in [0.2, 0.25) is 0 Å². The number of rotatable bonds is 4. The second kappa shape index (κ2) is 5.46. The van der Waals surface area contributed by atoms with E-state index in [0.717, 1.165) is 0 Å². The van der Waals surface area contributed by atoms with Crippen molar-refractivity contribution in [1.29, 1.82) is 0 Å². The highest BCUT2D eigenvalue weighted by atomic mass is 32.1. The van der Waals surface area contributed by atoms with Crippen LogP contribution in [0.4, 0.5) is 0 Å². The van der Waals surface area contributed by atoms with Crippen molar-refractivity contribution in [2.75, 3.05) is 0 Å². The molecular weight excluding hydrogens is 210 g/mol. The van der Waals surface area contributed by atoms with Gasteiger partial charge in [0.1, 0.15) is 4.99 Å². The van der Waals surface area contributed by atoms with Gasteiger partial charge in [0, 0.05) is 0 Å². The topological polar surface area (TPSA) is 52.3 Å². The van der Waals surface area contributed by atoms with Gasteiger partial charge in [-0.2, -0.15) is 0 Å². The number of hydrogen-bond acceptors (Lipinski definition) is 3. The van der Waals surface area contributed by atoms with Crippen LogP contribution in [0.5, 0.6) is 0 Å². The van der Waals surface area contributed by atoms with E-state index in [0.29, 0.717) is 12.0 Å². The molecule has 0 aromatic heterocycles. The number of benzene rings is 1. The summed E-state index contributed by atoms with van der Waals surface area (Å²) in [5, 5.41) is 0. The van der Waals surface area contributed by atoms with E-state index < -0.39 is 12.1 Å². The lowest BCUT2D eigenvalue weighted by atomic mass is 10.2. The lowest BCUT2D eigenvalue weighted by Gasteiger charge is -2.14. The number of thiocarbonyl (C=S) groups is 1. The van der Waals surface area contributed by atoms with E-state index in [1.165, 1.54) is 0 Å². The molecule has 0 saturated heterocycles. The minimum atomic E-state index is -0.479. The SMILES string of the molecule is CCC(OC(=O)c1ccccc1)C(N)=S. The Morgan fingerprint density at radius 1 is 1.47 bits per heavy atom. The van der Waals surface area contributed by atoms with Crippen LogP contribution >= 0.6 is 12.2 Å². The molecule has 0 aliphatic heterocycles. The van der Waals surface area contributed by atoms with Gasteiger partial charge in [-0.05, 0) is 18.6 Å². The Kier molecular flexibility index (Phi) is 4.24. The van der Waals surface area contributed by atoms with Gasteiger partial charge in [-0.3, -0.25) is 0 Å². The van der Waals surface area contributed by atoms with Crippen LogP contribution in [0.1, 0.15) is 23.7 Å². The van der Waals surface area contributed by atoms with Gasteiger partial charge in [-0.15, -0.1) is 0 Å². The molecule has 80 valence electrons. The molecule has 4 heteroatoms. The predicted octanol–water partition coefficient (Wildman–Crippen LogP) is 1.91. The molecule has 0 saturated carbocycles. The maximum atomic E-state index is 11.6. The molecular formula is C11H13NO2S. The quantitative estimate of drug-likeness (QED) is 0.625. The van der Waals surface area contributed by atoms with E-state index in [1.807, 2.05) is 13.0 Å². The van der Waals surface area contributed by atoms with Crippen molar-refractivity contribution in [3.63, 3.8) is 0 Å². The van der Waals surface area contributed by atoms with Crippen LogP contribution in [0.3, 0.4) is 0 Å². The summed E-state index contributed by atoms with van der Waals surface area (Å²) >= 11 is 4.79. The van der Waals surface area contributed by atoms with Crippen LogP contribution in [-0.4, -0.2) is 17.1 Å². The second-order valence-electron chi connectivity index (χ2n) is 3.07. The number of ether oxygens (including phenoxy) is 1. The molecule has 1 rings (SSSR count). The van der Waals surface area contributed by atoms with Crippen molar-refractivity contribution in [3.05, 3.63) is 35.9 Å². The number of hydrogen-bond donors (Lipinski definition) is 1. The fourth-order valence-electron chi connectivity index (χ4n) is 1.11. The molecule has 3 nitrogen and oxygen atoms in total. The summed E-state index contributed by atoms with van der Waals surface area (Å²) in [6.07, 6.45) is 0.112. The first kappa shape index (κ1) is 11.7. The number of esters is 1. The summed E-state index contributed by atoms with van der Waals surface area (Å²) < 4.78 is 5.14. The first-order valence-electron chi connectivity index (χ1n) is 4.70. The summed E-state index contributed by atoms with van der Waals surface area (Å²) in [6.45, 7) is 1.86. The summed E-state index contributed by atoms with van der Waals surface area (Å²) in [5.74, 6) is -0.393. The van der Waals surface area contributed by atoms with Gasteiger partial charge in [0.15, 0.2) is 6.10 Å². The molecule has 15 heavy (non-hydrogen) atoms. The van der Waals surface area contributed by atoms with Crippen molar-refractivity contribution >= 4 is 23.2 Å². The normalized spacial score (nSPS) is 11.8. The molecule has 2 N–H and O–H groups in total. The molecule has 0 radical (unpaired) electrons. The number of carbonyl (C=O) groups excluding carboxylic acids is 1. The molecule has 0 fully saturated rings. The van der Waals surface area contributed by atoms with Crippen LogP contribution < -0.4 is 5.73 Å². The second-order valence-corrected chi connectivity index (χ2v) is 3.54. The Labute approximate surface area is 94.2 Å². The van der Waals surface area contributed by atoms with Crippen LogP contribution in [0.25, 0.3) is 0 Å². The zero-order valence-corrected chi connectivity index (χ0v) is 9.29. The number of nitrogens with two attached hydrogens (primary N) is 1. The summed E-state index contributed by atoms with van der Waals surface area (Å²) in [5.41, 5.74) is 5.93. The summed E-state index contributed by atoms with van der Waals surface area (Å²) in [7, 11) is 0. The van der Waals surface area contributed by atoms with Crippen molar-refractivity contribution in [2.24, 2.45) is 5.73 Å². The Bertz CT molecular complexity index is 351. The summed E-state index contributed by atoms with van der Waals surface area (Å²) in [4.78, 5) is 11.8. The lowest BCUT2D eigenvalue weighted by Crippen LogP contribution is -2.31. The standard InChI is InChI=1S/C11H13NO2S/c1-2-9(10(12)15)14-11(13)8-6-4-3-5-7-8/h3-7,9H,2H2,1H3,(H2,12,15). The van der Waals surface area contributed by atoms with Gasteiger partial charge in [-0.1, -0.05) is 37.3 Å². The average molecular weight is 223 g/mol. The van der Waals surface area contributed by atoms with Crippen LogP contribution in [0.15, 0.2) is 30.3 Å². The van der Waals surface area contributed by atoms with E-state index in [2.05, 4.69) is 0 Å². The zero-order valence-electron chi connectivity index (χ0n) is 8.47. The molecule has 0 aliphatic carbocycles. The Balaban J connectivity index is 2.67. The minimum Gasteiger partial charge on any atom is -0.451 e. The summed E-state index contributed by atoms with van der Waals surface area (Å²) in [6, 6.07) is 8.77. The van der Waals surface area contributed by atoms with Crippen molar-refractivity contribution in [1.82, 2.24) is 0 Å². The third-order valence-corrected chi connectivity index (χ3v) is 2.21. The van der Waals surface area contributed by atoms with E-state index in [-0.39, 0.29) is 4.99 Å². The molecule has 1 aromatic rings. The minimum absolute atomic E-state index is 0.210.